The average Bonchev–Trinajstić information content (AvgIpc) is 2.78. The number of hydrogen-bond donors (Lipinski definition) is 0. The molecule has 21 heavy (non-hydrogen) atoms. The van der Waals surface area contributed by atoms with Gasteiger partial charge in [0.2, 0.25) is 0 Å². The summed E-state index contributed by atoms with van der Waals surface area (Å²) < 4.78 is 21.4. The molecule has 0 aliphatic carbocycles. The number of ether oxygens (including phenoxy) is 1. The summed E-state index contributed by atoms with van der Waals surface area (Å²) in [5.41, 5.74) is 1.43. The van der Waals surface area contributed by atoms with Crippen LogP contribution in [0.2, 0.25) is 5.02 Å². The number of rotatable bonds is 2. The molecule has 0 saturated carbocycles. The van der Waals surface area contributed by atoms with Crippen molar-refractivity contribution in [1.29, 1.82) is 0 Å². The van der Waals surface area contributed by atoms with Crippen LogP contribution in [0.25, 0.3) is 11.0 Å². The lowest BCUT2D eigenvalue weighted by molar-refractivity contribution is 0.00621. The molecule has 2 aromatic rings. The van der Waals surface area contributed by atoms with Crippen molar-refractivity contribution in [3.05, 3.63) is 28.8 Å². The summed E-state index contributed by atoms with van der Waals surface area (Å²) in [6, 6.07) is 3.26. The van der Waals surface area contributed by atoms with Gasteiger partial charge in [-0.05, 0) is 32.8 Å². The number of fused-ring (bicyclic) bond motifs is 1. The second-order valence-electron chi connectivity index (χ2n) is 5.57. The van der Waals surface area contributed by atoms with E-state index in [-0.39, 0.29) is 22.5 Å². The molecule has 1 aromatic heterocycles. The van der Waals surface area contributed by atoms with Gasteiger partial charge in [0.15, 0.2) is 0 Å². The van der Waals surface area contributed by atoms with Gasteiger partial charge in [-0.1, -0.05) is 11.6 Å². The molecule has 1 fully saturated rings. The monoisotopic (exact) mass is 330 g/mol. The minimum absolute atomic E-state index is 0.109. The van der Waals surface area contributed by atoms with Crippen molar-refractivity contribution in [3.63, 3.8) is 0 Å². The molecule has 3 unspecified atom stereocenters. The first-order valence-corrected chi connectivity index (χ1v) is 7.91. The van der Waals surface area contributed by atoms with E-state index < -0.39 is 5.82 Å². The fourth-order valence-electron chi connectivity index (χ4n) is 2.98. The Kier molecular flexibility index (Phi) is 4.12. The van der Waals surface area contributed by atoms with Crippen LogP contribution in [-0.2, 0) is 4.74 Å². The molecule has 114 valence electrons. The molecule has 0 spiro atoms. The summed E-state index contributed by atoms with van der Waals surface area (Å²) in [6.45, 7) is 4.64. The topological polar surface area (TPSA) is 27.1 Å². The molecule has 1 aliphatic rings. The summed E-state index contributed by atoms with van der Waals surface area (Å²) in [6.07, 6.45) is 1.97. The highest BCUT2D eigenvalue weighted by Gasteiger charge is 2.27. The molecule has 1 aromatic carbocycles. The van der Waals surface area contributed by atoms with Crippen molar-refractivity contribution in [3.8, 4) is 0 Å². The molecule has 2 heterocycles. The van der Waals surface area contributed by atoms with Gasteiger partial charge in [-0.25, -0.2) is 9.37 Å². The molecule has 3 atom stereocenters. The second kappa shape index (κ2) is 5.75. The van der Waals surface area contributed by atoms with Crippen LogP contribution in [0, 0.1) is 5.82 Å². The van der Waals surface area contributed by atoms with Crippen molar-refractivity contribution < 1.29 is 9.13 Å². The van der Waals surface area contributed by atoms with Gasteiger partial charge in [0.1, 0.15) is 11.6 Å². The highest BCUT2D eigenvalue weighted by atomic mass is 35.5. The predicted octanol–water partition coefficient (Wildman–Crippen LogP) is 4.87. The van der Waals surface area contributed by atoms with Gasteiger partial charge in [0, 0.05) is 18.7 Å². The maximum absolute atomic E-state index is 13.7. The van der Waals surface area contributed by atoms with Crippen LogP contribution in [0.1, 0.15) is 43.9 Å². The molecule has 0 bridgehead atoms. The molecular formula is C15H17Cl2FN2O. The normalized spacial score (nSPS) is 24.4. The zero-order valence-electron chi connectivity index (χ0n) is 11.9. The fourth-order valence-corrected chi connectivity index (χ4v) is 3.29. The van der Waals surface area contributed by atoms with Crippen LogP contribution >= 0.6 is 23.2 Å². The van der Waals surface area contributed by atoms with Crippen molar-refractivity contribution in [2.45, 2.75) is 44.2 Å². The van der Waals surface area contributed by atoms with Gasteiger partial charge in [0.05, 0.1) is 27.5 Å². The van der Waals surface area contributed by atoms with Crippen molar-refractivity contribution in [2.75, 3.05) is 6.61 Å². The summed E-state index contributed by atoms with van der Waals surface area (Å²) in [4.78, 5) is 4.51. The Morgan fingerprint density at radius 3 is 2.90 bits per heavy atom. The lowest BCUT2D eigenvalue weighted by atomic mass is 10.0. The van der Waals surface area contributed by atoms with Gasteiger partial charge in [0.25, 0.3) is 0 Å². The van der Waals surface area contributed by atoms with E-state index in [0.29, 0.717) is 12.1 Å². The van der Waals surface area contributed by atoms with E-state index in [1.165, 1.54) is 6.07 Å². The first-order valence-electron chi connectivity index (χ1n) is 7.10. The highest BCUT2D eigenvalue weighted by molar-refractivity contribution is 6.31. The number of aromatic nitrogens is 2. The molecule has 3 rings (SSSR count). The maximum atomic E-state index is 13.7. The van der Waals surface area contributed by atoms with Crippen LogP contribution in [0.15, 0.2) is 12.1 Å². The molecule has 3 nitrogen and oxygen atoms in total. The predicted molar refractivity (Wildman–Crippen MR) is 82.7 cm³/mol. The van der Waals surface area contributed by atoms with Crippen LogP contribution in [0.4, 0.5) is 4.39 Å². The zero-order chi connectivity index (χ0) is 15.1. The van der Waals surface area contributed by atoms with E-state index in [4.69, 9.17) is 27.9 Å². The highest BCUT2D eigenvalue weighted by Crippen LogP contribution is 2.35. The Labute approximate surface area is 133 Å². The zero-order valence-corrected chi connectivity index (χ0v) is 13.5. The number of benzene rings is 1. The van der Waals surface area contributed by atoms with E-state index in [2.05, 4.69) is 16.5 Å². The van der Waals surface area contributed by atoms with Crippen LogP contribution in [0.5, 0.6) is 0 Å². The van der Waals surface area contributed by atoms with Gasteiger partial charge >= 0.3 is 0 Å². The van der Waals surface area contributed by atoms with Crippen LogP contribution in [-0.4, -0.2) is 22.3 Å². The Morgan fingerprint density at radius 1 is 1.48 bits per heavy atom. The number of hydrogen-bond acceptors (Lipinski definition) is 2. The summed E-state index contributed by atoms with van der Waals surface area (Å²) >= 11 is 12.2. The van der Waals surface area contributed by atoms with Crippen molar-refractivity contribution in [2.24, 2.45) is 0 Å². The smallest absolute Gasteiger partial charge is 0.144 e. The molecular weight excluding hydrogens is 314 g/mol. The van der Waals surface area contributed by atoms with Gasteiger partial charge in [-0.15, -0.1) is 11.6 Å². The number of nitrogens with zero attached hydrogens (tertiary/aromatic N) is 2. The maximum Gasteiger partial charge on any atom is 0.144 e. The first-order chi connectivity index (χ1) is 9.97. The van der Waals surface area contributed by atoms with E-state index in [1.807, 2.05) is 6.92 Å². The molecule has 0 amide bonds. The largest absolute Gasteiger partial charge is 0.378 e. The first kappa shape index (κ1) is 15.1. The van der Waals surface area contributed by atoms with E-state index >= 15 is 0 Å². The molecule has 1 saturated heterocycles. The third-order valence-corrected chi connectivity index (χ3v) is 4.42. The van der Waals surface area contributed by atoms with E-state index in [1.54, 1.807) is 6.07 Å². The summed E-state index contributed by atoms with van der Waals surface area (Å²) in [5.74, 6) is 0.301. The standard InChI is InChI=1S/C15H17Cl2FN2O/c1-8-5-10(3-4-21-8)20-14-6-11(17)12(18)7-13(14)19-15(20)9(2)16/h6-10H,3-5H2,1-2H3. The fraction of sp³-hybridized carbons (Fsp3) is 0.533. The molecule has 6 heteroatoms. The van der Waals surface area contributed by atoms with Crippen molar-refractivity contribution >= 4 is 34.2 Å². The van der Waals surface area contributed by atoms with E-state index in [9.17, 15) is 4.39 Å². The van der Waals surface area contributed by atoms with Crippen molar-refractivity contribution in [1.82, 2.24) is 9.55 Å². The minimum atomic E-state index is -0.456. The van der Waals surface area contributed by atoms with Crippen LogP contribution in [0.3, 0.4) is 0 Å². The van der Waals surface area contributed by atoms with Crippen LogP contribution < -0.4 is 0 Å². The molecule has 1 aliphatic heterocycles. The number of alkyl halides is 1. The molecule has 0 radical (unpaired) electrons. The lowest BCUT2D eigenvalue weighted by Crippen LogP contribution is -2.26. The van der Waals surface area contributed by atoms with Gasteiger partial charge in [-0.2, -0.15) is 0 Å². The second-order valence-corrected chi connectivity index (χ2v) is 6.63. The Bertz CT molecular complexity index is 671. The average molecular weight is 331 g/mol. The summed E-state index contributed by atoms with van der Waals surface area (Å²) in [5, 5.41) is -0.144. The Hall–Kier alpha value is -0.840. The third kappa shape index (κ3) is 2.77. The lowest BCUT2D eigenvalue weighted by Gasteiger charge is -2.30. The minimum Gasteiger partial charge on any atom is -0.378 e. The van der Waals surface area contributed by atoms with E-state index in [0.717, 1.165) is 24.2 Å². The number of halogens is 3. The molecule has 0 N–H and O–H groups in total. The Morgan fingerprint density at radius 2 is 2.24 bits per heavy atom. The Balaban J connectivity index is 2.17. The summed E-state index contributed by atoms with van der Waals surface area (Å²) in [7, 11) is 0. The quantitative estimate of drug-likeness (QED) is 0.734. The van der Waals surface area contributed by atoms with Gasteiger partial charge < -0.3 is 9.30 Å². The van der Waals surface area contributed by atoms with Gasteiger partial charge in [-0.3, -0.25) is 0 Å². The third-order valence-electron chi connectivity index (χ3n) is 3.94. The SMILES string of the molecule is CC1CC(n2c(C(C)Cl)nc3cc(F)c(Cl)cc32)CCO1. The number of imidazole rings is 1.